The Morgan fingerprint density at radius 3 is 2.57 bits per heavy atom. The molecule has 2 atom stereocenters. The van der Waals surface area contributed by atoms with E-state index < -0.39 is 18.0 Å². The minimum absolute atomic E-state index is 0.0706. The van der Waals surface area contributed by atoms with Crippen LogP contribution in [0.15, 0.2) is 22.7 Å². The van der Waals surface area contributed by atoms with Gasteiger partial charge in [-0.1, -0.05) is 6.07 Å². The van der Waals surface area contributed by atoms with Crippen LogP contribution in [0.25, 0.3) is 0 Å². The Morgan fingerprint density at radius 1 is 1.43 bits per heavy atom. The second-order valence-electron chi connectivity index (χ2n) is 2.92. The maximum atomic E-state index is 13.0. The predicted molar refractivity (Wildman–Crippen MR) is 54.1 cm³/mol. The van der Waals surface area contributed by atoms with Gasteiger partial charge in [-0.25, -0.2) is 4.39 Å². The summed E-state index contributed by atoms with van der Waals surface area (Å²) in [6.45, 7) is -0.0706. The van der Waals surface area contributed by atoms with Crippen LogP contribution in [-0.4, -0.2) is 22.9 Å². The van der Waals surface area contributed by atoms with E-state index in [1.165, 1.54) is 12.1 Å². The zero-order valence-electron chi connectivity index (χ0n) is 7.32. The molecule has 1 aromatic rings. The number of benzene rings is 1. The number of aliphatic hydroxyl groups is 2. The Kier molecular flexibility index (Phi) is 4.00. The van der Waals surface area contributed by atoms with Gasteiger partial charge in [0.25, 0.3) is 0 Å². The van der Waals surface area contributed by atoms with Gasteiger partial charge in [-0.05, 0) is 33.6 Å². The number of aliphatic hydroxyl groups excluding tert-OH is 2. The van der Waals surface area contributed by atoms with E-state index >= 15 is 0 Å². The summed E-state index contributed by atoms with van der Waals surface area (Å²) in [4.78, 5) is 0. The number of hydrogen-bond donors (Lipinski definition) is 3. The molecule has 0 aromatic heterocycles. The molecule has 4 N–H and O–H groups in total. The van der Waals surface area contributed by atoms with Gasteiger partial charge in [-0.15, -0.1) is 0 Å². The molecule has 0 bridgehead atoms. The normalized spacial score (nSPS) is 15.2. The van der Waals surface area contributed by atoms with Crippen molar-refractivity contribution < 1.29 is 14.6 Å². The summed E-state index contributed by atoms with van der Waals surface area (Å²) in [5, 5.41) is 18.7. The van der Waals surface area contributed by atoms with Gasteiger partial charge in [-0.2, -0.15) is 0 Å². The Balaban J connectivity index is 2.91. The third-order valence-electron chi connectivity index (χ3n) is 1.89. The molecule has 0 fully saturated rings. The minimum atomic E-state index is -1.15. The van der Waals surface area contributed by atoms with Gasteiger partial charge < -0.3 is 15.9 Å². The third-order valence-corrected chi connectivity index (χ3v) is 2.53. The van der Waals surface area contributed by atoms with Gasteiger partial charge in [0.2, 0.25) is 0 Å². The molecule has 1 rings (SSSR count). The first-order valence-corrected chi connectivity index (χ1v) is 4.86. The van der Waals surface area contributed by atoms with Crippen LogP contribution in [0.1, 0.15) is 11.7 Å². The molecule has 0 radical (unpaired) electrons. The van der Waals surface area contributed by atoms with Crippen LogP contribution >= 0.6 is 15.9 Å². The summed E-state index contributed by atoms with van der Waals surface area (Å²) in [6, 6.07) is 4.15. The molecule has 0 aliphatic carbocycles. The van der Waals surface area contributed by atoms with Crippen LogP contribution in [0.4, 0.5) is 4.39 Å². The smallest absolute Gasteiger partial charge is 0.137 e. The van der Waals surface area contributed by atoms with Crippen LogP contribution < -0.4 is 5.73 Å². The lowest BCUT2D eigenvalue weighted by Gasteiger charge is -2.16. The fraction of sp³-hybridized carbons (Fsp3) is 0.333. The molecule has 0 heterocycles. The highest BCUT2D eigenvalue weighted by atomic mass is 79.9. The van der Waals surface area contributed by atoms with E-state index in [-0.39, 0.29) is 6.54 Å². The number of nitrogens with two attached hydrogens (primary N) is 1. The van der Waals surface area contributed by atoms with Crippen molar-refractivity contribution in [2.75, 3.05) is 6.54 Å². The summed E-state index contributed by atoms with van der Waals surface area (Å²) >= 11 is 2.99. The minimum Gasteiger partial charge on any atom is -0.389 e. The molecule has 0 aliphatic rings. The van der Waals surface area contributed by atoms with E-state index in [1.807, 2.05) is 0 Å². The van der Waals surface area contributed by atoms with Crippen molar-refractivity contribution >= 4 is 15.9 Å². The maximum absolute atomic E-state index is 13.0. The third kappa shape index (κ3) is 2.51. The summed E-state index contributed by atoms with van der Waals surface area (Å²) in [5.74, 6) is -0.481. The molecular formula is C9H11BrFNO2. The van der Waals surface area contributed by atoms with E-state index in [4.69, 9.17) is 5.73 Å². The van der Waals surface area contributed by atoms with Gasteiger partial charge in [0.1, 0.15) is 11.9 Å². The van der Waals surface area contributed by atoms with Crippen molar-refractivity contribution in [3.63, 3.8) is 0 Å². The van der Waals surface area contributed by atoms with Crippen molar-refractivity contribution in [2.24, 2.45) is 5.73 Å². The SMILES string of the molecule is NCC(O)C(O)c1ccc(Br)c(F)c1. The van der Waals surface area contributed by atoms with E-state index in [0.717, 1.165) is 6.07 Å². The largest absolute Gasteiger partial charge is 0.389 e. The first-order valence-electron chi connectivity index (χ1n) is 4.07. The first kappa shape index (κ1) is 11.6. The zero-order valence-corrected chi connectivity index (χ0v) is 8.91. The quantitative estimate of drug-likeness (QED) is 0.761. The molecule has 3 nitrogen and oxygen atoms in total. The van der Waals surface area contributed by atoms with Gasteiger partial charge in [-0.3, -0.25) is 0 Å². The summed E-state index contributed by atoms with van der Waals surface area (Å²) < 4.78 is 13.4. The van der Waals surface area contributed by atoms with Gasteiger partial charge >= 0.3 is 0 Å². The van der Waals surface area contributed by atoms with E-state index in [9.17, 15) is 14.6 Å². The summed E-state index contributed by atoms with van der Waals surface area (Å²) in [5.41, 5.74) is 5.47. The van der Waals surface area contributed by atoms with Crippen LogP contribution in [0.3, 0.4) is 0 Å². The lowest BCUT2D eigenvalue weighted by atomic mass is 10.0. The van der Waals surface area contributed by atoms with Gasteiger partial charge in [0.05, 0.1) is 10.6 Å². The number of halogens is 2. The highest BCUT2D eigenvalue weighted by Crippen LogP contribution is 2.22. The van der Waals surface area contributed by atoms with Crippen molar-refractivity contribution in [3.8, 4) is 0 Å². The van der Waals surface area contributed by atoms with Gasteiger partial charge in [0, 0.05) is 6.54 Å². The Bertz CT molecular complexity index is 322. The number of hydrogen-bond acceptors (Lipinski definition) is 3. The zero-order chi connectivity index (χ0) is 10.7. The maximum Gasteiger partial charge on any atom is 0.137 e. The van der Waals surface area contributed by atoms with Crippen molar-refractivity contribution in [2.45, 2.75) is 12.2 Å². The Labute approximate surface area is 89.5 Å². The lowest BCUT2D eigenvalue weighted by molar-refractivity contribution is 0.0241. The molecule has 5 heteroatoms. The molecule has 14 heavy (non-hydrogen) atoms. The van der Waals surface area contributed by atoms with Crippen LogP contribution in [0, 0.1) is 5.82 Å². The van der Waals surface area contributed by atoms with E-state index in [0.29, 0.717) is 10.0 Å². The highest BCUT2D eigenvalue weighted by Gasteiger charge is 2.17. The summed E-state index contributed by atoms with van der Waals surface area (Å²) in [6.07, 6.45) is -2.22. The molecule has 2 unspecified atom stereocenters. The fourth-order valence-corrected chi connectivity index (χ4v) is 1.29. The highest BCUT2D eigenvalue weighted by molar-refractivity contribution is 9.10. The average molecular weight is 264 g/mol. The Hall–Kier alpha value is -0.490. The van der Waals surface area contributed by atoms with Crippen molar-refractivity contribution in [1.82, 2.24) is 0 Å². The molecular weight excluding hydrogens is 253 g/mol. The van der Waals surface area contributed by atoms with Crippen LogP contribution in [0.2, 0.25) is 0 Å². The van der Waals surface area contributed by atoms with Crippen LogP contribution in [0.5, 0.6) is 0 Å². The van der Waals surface area contributed by atoms with Crippen molar-refractivity contribution in [1.29, 1.82) is 0 Å². The molecule has 0 saturated heterocycles. The second kappa shape index (κ2) is 4.84. The molecule has 0 saturated carbocycles. The monoisotopic (exact) mass is 263 g/mol. The lowest BCUT2D eigenvalue weighted by Crippen LogP contribution is -2.27. The van der Waals surface area contributed by atoms with E-state index in [2.05, 4.69) is 15.9 Å². The molecule has 0 amide bonds. The number of rotatable bonds is 3. The molecule has 1 aromatic carbocycles. The molecule has 0 spiro atoms. The topological polar surface area (TPSA) is 66.5 Å². The fourth-order valence-electron chi connectivity index (χ4n) is 1.05. The van der Waals surface area contributed by atoms with Gasteiger partial charge in [0.15, 0.2) is 0 Å². The summed E-state index contributed by atoms with van der Waals surface area (Å²) in [7, 11) is 0. The Morgan fingerprint density at radius 2 is 2.07 bits per heavy atom. The van der Waals surface area contributed by atoms with E-state index in [1.54, 1.807) is 0 Å². The van der Waals surface area contributed by atoms with Crippen LogP contribution in [-0.2, 0) is 0 Å². The average Bonchev–Trinajstić information content (AvgIpc) is 2.20. The second-order valence-corrected chi connectivity index (χ2v) is 3.78. The molecule has 78 valence electrons. The van der Waals surface area contributed by atoms with Crippen molar-refractivity contribution in [3.05, 3.63) is 34.1 Å². The standard InChI is InChI=1S/C9H11BrFNO2/c10-6-2-1-5(3-7(6)11)9(14)8(13)4-12/h1-3,8-9,13-14H,4,12H2. The predicted octanol–water partition coefficient (Wildman–Crippen LogP) is 0.941. The first-order chi connectivity index (χ1) is 6.56. The molecule has 0 aliphatic heterocycles.